The molecular formula is C18H20N2O4. The predicted molar refractivity (Wildman–Crippen MR) is 88.8 cm³/mol. The predicted octanol–water partition coefficient (Wildman–Crippen LogP) is 2.38. The highest BCUT2D eigenvalue weighted by atomic mass is 16.3. The van der Waals surface area contributed by atoms with Gasteiger partial charge in [-0.25, -0.2) is 0 Å². The Kier molecular flexibility index (Phi) is 4.96. The maximum atomic E-state index is 12.6. The summed E-state index contributed by atoms with van der Waals surface area (Å²) in [6.45, 7) is 1.47. The third-order valence-electron chi connectivity index (χ3n) is 4.27. The minimum absolute atomic E-state index is 0.0551. The van der Waals surface area contributed by atoms with Gasteiger partial charge in [-0.05, 0) is 49.1 Å². The first kappa shape index (κ1) is 16.3. The van der Waals surface area contributed by atoms with Crippen molar-refractivity contribution >= 4 is 17.5 Å². The van der Waals surface area contributed by atoms with E-state index in [9.17, 15) is 14.7 Å². The fraction of sp³-hybridized carbons (Fsp3) is 0.333. The quantitative estimate of drug-likeness (QED) is 0.903. The summed E-state index contributed by atoms with van der Waals surface area (Å²) in [6.07, 6.45) is 3.07. The van der Waals surface area contributed by atoms with Crippen LogP contribution in [0.2, 0.25) is 0 Å². The molecule has 1 fully saturated rings. The molecule has 1 aromatic heterocycles. The molecular weight excluding hydrogens is 308 g/mol. The van der Waals surface area contributed by atoms with Gasteiger partial charge >= 0.3 is 0 Å². The van der Waals surface area contributed by atoms with E-state index in [-0.39, 0.29) is 30.1 Å². The number of anilines is 1. The number of amides is 2. The number of benzene rings is 1. The Morgan fingerprint density at radius 3 is 2.67 bits per heavy atom. The number of hydrogen-bond donors (Lipinski definition) is 2. The average molecular weight is 328 g/mol. The lowest BCUT2D eigenvalue weighted by atomic mass is 9.97. The van der Waals surface area contributed by atoms with E-state index in [0.29, 0.717) is 24.3 Å². The molecule has 0 spiro atoms. The highest BCUT2D eigenvalue weighted by Crippen LogP contribution is 2.20. The number of nitrogens with zero attached hydrogens (tertiary/aromatic N) is 1. The normalized spacial score (nSPS) is 15.3. The van der Waals surface area contributed by atoms with Crippen molar-refractivity contribution < 1.29 is 19.1 Å². The number of piperidine rings is 1. The topological polar surface area (TPSA) is 82.8 Å². The van der Waals surface area contributed by atoms with Gasteiger partial charge in [-0.2, -0.15) is 0 Å². The molecule has 126 valence electrons. The van der Waals surface area contributed by atoms with Crippen LogP contribution in [0.1, 0.15) is 33.8 Å². The van der Waals surface area contributed by atoms with Gasteiger partial charge in [0.1, 0.15) is 0 Å². The molecule has 0 radical (unpaired) electrons. The third kappa shape index (κ3) is 3.65. The highest BCUT2D eigenvalue weighted by molar-refractivity contribution is 6.03. The maximum Gasteiger partial charge on any atom is 0.291 e. The van der Waals surface area contributed by atoms with Gasteiger partial charge < -0.3 is 19.7 Å². The van der Waals surface area contributed by atoms with Gasteiger partial charge in [0, 0.05) is 30.9 Å². The lowest BCUT2D eigenvalue weighted by Crippen LogP contribution is -2.39. The van der Waals surface area contributed by atoms with E-state index < -0.39 is 0 Å². The second-order valence-corrected chi connectivity index (χ2v) is 5.93. The number of nitrogens with one attached hydrogen (secondary N) is 1. The van der Waals surface area contributed by atoms with Crippen molar-refractivity contribution in [3.8, 4) is 0 Å². The lowest BCUT2D eigenvalue weighted by molar-refractivity contribution is 0.0650. The van der Waals surface area contributed by atoms with Crippen molar-refractivity contribution in [1.82, 2.24) is 4.90 Å². The summed E-state index contributed by atoms with van der Waals surface area (Å²) in [5.74, 6) is 0.0969. The summed E-state index contributed by atoms with van der Waals surface area (Å²) in [4.78, 5) is 26.4. The van der Waals surface area contributed by atoms with E-state index in [4.69, 9.17) is 4.42 Å². The van der Waals surface area contributed by atoms with Crippen LogP contribution in [0.4, 0.5) is 5.69 Å². The number of rotatable bonds is 4. The summed E-state index contributed by atoms with van der Waals surface area (Å²) >= 11 is 0. The molecule has 0 atom stereocenters. The van der Waals surface area contributed by atoms with E-state index in [1.54, 1.807) is 41.3 Å². The SMILES string of the molecule is O=C(Nc1cccc(C(=O)N2CCC(CO)CC2)c1)c1ccco1. The smallest absolute Gasteiger partial charge is 0.291 e. The molecule has 2 aromatic rings. The van der Waals surface area contributed by atoms with Crippen molar-refractivity contribution in [3.63, 3.8) is 0 Å². The molecule has 1 aliphatic rings. The summed E-state index contributed by atoms with van der Waals surface area (Å²) < 4.78 is 5.05. The highest BCUT2D eigenvalue weighted by Gasteiger charge is 2.23. The second kappa shape index (κ2) is 7.31. The molecule has 3 rings (SSSR count). The molecule has 2 N–H and O–H groups in total. The van der Waals surface area contributed by atoms with E-state index in [1.165, 1.54) is 6.26 Å². The number of hydrogen-bond acceptors (Lipinski definition) is 4. The largest absolute Gasteiger partial charge is 0.459 e. The Labute approximate surface area is 140 Å². The van der Waals surface area contributed by atoms with Gasteiger partial charge in [0.25, 0.3) is 11.8 Å². The number of furan rings is 1. The van der Waals surface area contributed by atoms with Crippen LogP contribution in [0.3, 0.4) is 0 Å². The minimum atomic E-state index is -0.353. The Bertz CT molecular complexity index is 704. The molecule has 1 aromatic carbocycles. The van der Waals surface area contributed by atoms with Crippen LogP contribution in [-0.2, 0) is 0 Å². The molecule has 24 heavy (non-hydrogen) atoms. The Hall–Kier alpha value is -2.60. The molecule has 0 unspecified atom stereocenters. The fourth-order valence-corrected chi connectivity index (χ4v) is 2.83. The molecule has 1 saturated heterocycles. The zero-order chi connectivity index (χ0) is 16.9. The van der Waals surface area contributed by atoms with Crippen LogP contribution in [0.25, 0.3) is 0 Å². The molecule has 0 bridgehead atoms. The van der Waals surface area contributed by atoms with E-state index in [2.05, 4.69) is 5.32 Å². The second-order valence-electron chi connectivity index (χ2n) is 5.93. The number of aliphatic hydroxyl groups is 1. The number of likely N-dealkylation sites (tertiary alicyclic amines) is 1. The van der Waals surface area contributed by atoms with Gasteiger partial charge in [0.15, 0.2) is 5.76 Å². The van der Waals surface area contributed by atoms with E-state index >= 15 is 0 Å². The molecule has 2 amide bonds. The zero-order valence-corrected chi connectivity index (χ0v) is 13.3. The zero-order valence-electron chi connectivity index (χ0n) is 13.3. The van der Waals surface area contributed by atoms with Gasteiger partial charge in [-0.15, -0.1) is 0 Å². The monoisotopic (exact) mass is 328 g/mol. The van der Waals surface area contributed by atoms with Gasteiger partial charge in [0.2, 0.25) is 0 Å². The molecule has 0 aliphatic carbocycles. The Morgan fingerprint density at radius 1 is 1.21 bits per heavy atom. The van der Waals surface area contributed by atoms with Crippen LogP contribution in [0.5, 0.6) is 0 Å². The molecule has 0 saturated carbocycles. The maximum absolute atomic E-state index is 12.6. The van der Waals surface area contributed by atoms with Crippen molar-refractivity contribution in [2.75, 3.05) is 25.0 Å². The number of carbonyl (C=O) groups excluding carboxylic acids is 2. The third-order valence-corrected chi connectivity index (χ3v) is 4.27. The Morgan fingerprint density at radius 2 is 2.00 bits per heavy atom. The van der Waals surface area contributed by atoms with Crippen LogP contribution in [-0.4, -0.2) is 41.5 Å². The van der Waals surface area contributed by atoms with Crippen LogP contribution in [0, 0.1) is 5.92 Å². The van der Waals surface area contributed by atoms with Gasteiger partial charge in [-0.3, -0.25) is 9.59 Å². The molecule has 6 nitrogen and oxygen atoms in total. The van der Waals surface area contributed by atoms with Gasteiger partial charge in [-0.1, -0.05) is 6.07 Å². The average Bonchev–Trinajstić information content (AvgIpc) is 3.16. The minimum Gasteiger partial charge on any atom is -0.459 e. The van der Waals surface area contributed by atoms with Crippen molar-refractivity contribution in [1.29, 1.82) is 0 Å². The number of carbonyl (C=O) groups is 2. The van der Waals surface area contributed by atoms with Crippen molar-refractivity contribution in [2.45, 2.75) is 12.8 Å². The Balaban J connectivity index is 1.66. The summed E-state index contributed by atoms with van der Waals surface area (Å²) in [5, 5.41) is 11.9. The summed E-state index contributed by atoms with van der Waals surface area (Å²) in [5.41, 5.74) is 1.09. The van der Waals surface area contributed by atoms with Crippen LogP contribution >= 0.6 is 0 Å². The van der Waals surface area contributed by atoms with Crippen LogP contribution in [0.15, 0.2) is 47.1 Å². The molecule has 1 aliphatic heterocycles. The number of aliphatic hydroxyl groups excluding tert-OH is 1. The fourth-order valence-electron chi connectivity index (χ4n) is 2.83. The first-order valence-corrected chi connectivity index (χ1v) is 8.02. The van der Waals surface area contributed by atoms with Crippen molar-refractivity contribution in [3.05, 3.63) is 54.0 Å². The first-order chi connectivity index (χ1) is 11.7. The standard InChI is InChI=1S/C18H20N2O4/c21-12-13-6-8-20(9-7-13)18(23)14-3-1-4-15(11-14)19-17(22)16-5-2-10-24-16/h1-5,10-11,13,21H,6-9,12H2,(H,19,22). The van der Waals surface area contributed by atoms with E-state index in [1.807, 2.05) is 0 Å². The first-order valence-electron chi connectivity index (χ1n) is 8.02. The molecule has 6 heteroatoms. The van der Waals surface area contributed by atoms with Crippen molar-refractivity contribution in [2.24, 2.45) is 5.92 Å². The van der Waals surface area contributed by atoms with E-state index in [0.717, 1.165) is 12.8 Å². The van der Waals surface area contributed by atoms with Crippen LogP contribution < -0.4 is 5.32 Å². The summed E-state index contributed by atoms with van der Waals surface area (Å²) in [7, 11) is 0. The summed E-state index contributed by atoms with van der Waals surface area (Å²) in [6, 6.07) is 10.1. The molecule has 2 heterocycles. The lowest BCUT2D eigenvalue weighted by Gasteiger charge is -2.31. The van der Waals surface area contributed by atoms with Gasteiger partial charge in [0.05, 0.1) is 6.26 Å².